The van der Waals surface area contributed by atoms with E-state index < -0.39 is 17.1 Å². The highest BCUT2D eigenvalue weighted by Gasteiger charge is 2.23. The molecule has 4 heterocycles. The van der Waals surface area contributed by atoms with E-state index in [1.54, 1.807) is 17.9 Å². The van der Waals surface area contributed by atoms with E-state index in [0.29, 0.717) is 51.6 Å². The van der Waals surface area contributed by atoms with E-state index in [1.807, 2.05) is 0 Å². The van der Waals surface area contributed by atoms with Crippen molar-refractivity contribution in [1.82, 2.24) is 34.3 Å². The van der Waals surface area contributed by atoms with Crippen LogP contribution in [0.15, 0.2) is 40.2 Å². The molecule has 4 aromatic rings. The first kappa shape index (κ1) is 24.7. The number of hydrogen-bond donors (Lipinski definition) is 1. The number of halogens is 1. The molecule has 0 bridgehead atoms. The second kappa shape index (κ2) is 10.2. The Labute approximate surface area is 214 Å². The summed E-state index contributed by atoms with van der Waals surface area (Å²) in [5.41, 5.74) is 0.339. The monoisotopic (exact) mass is 527 g/mol. The Balaban J connectivity index is 1.60. The van der Waals surface area contributed by atoms with Gasteiger partial charge in [-0.2, -0.15) is 10.2 Å². The third-order valence-corrected chi connectivity index (χ3v) is 7.76. The number of urea groups is 1. The Morgan fingerprint density at radius 3 is 2.62 bits per heavy atom. The van der Waals surface area contributed by atoms with Crippen molar-refractivity contribution in [3.05, 3.63) is 68.4 Å². The average Bonchev–Trinajstić information content (AvgIpc) is 3.53. The lowest BCUT2D eigenvalue weighted by Gasteiger charge is -2.27. The standard InChI is InChI=1S/C24H26FN7O4S/c1-15-19-20(33)30(13-12-29-10-3-7-26-23(29)34)24(35)31(22(19)37-21(15)32-27-8-9-28-32)11-6-16-14-17(25)4-5-18(16)36-2/h4-5,8-9,14H,3,6-7,10-13H2,1-2H3,(H,26,34). The van der Waals surface area contributed by atoms with Crippen LogP contribution in [0.4, 0.5) is 9.18 Å². The van der Waals surface area contributed by atoms with E-state index in [2.05, 4.69) is 15.5 Å². The van der Waals surface area contributed by atoms with Crippen LogP contribution in [0.25, 0.3) is 15.2 Å². The minimum absolute atomic E-state index is 0.0505. The maximum atomic E-state index is 14.0. The third kappa shape index (κ3) is 4.61. The summed E-state index contributed by atoms with van der Waals surface area (Å²) in [6.07, 6.45) is 4.17. The lowest BCUT2D eigenvalue weighted by Crippen LogP contribution is -2.49. The van der Waals surface area contributed by atoms with Crippen molar-refractivity contribution in [2.24, 2.45) is 0 Å². The molecule has 13 heteroatoms. The van der Waals surface area contributed by atoms with E-state index in [0.717, 1.165) is 6.42 Å². The minimum Gasteiger partial charge on any atom is -0.496 e. The molecular formula is C24H26FN7O4S. The van der Waals surface area contributed by atoms with Gasteiger partial charge in [0.05, 0.1) is 24.9 Å². The lowest BCUT2D eigenvalue weighted by atomic mass is 10.1. The van der Waals surface area contributed by atoms with E-state index in [9.17, 15) is 18.8 Å². The zero-order valence-electron chi connectivity index (χ0n) is 20.4. The van der Waals surface area contributed by atoms with Crippen LogP contribution in [-0.4, -0.2) is 61.8 Å². The van der Waals surface area contributed by atoms with E-state index in [1.165, 1.54) is 56.9 Å². The Bertz CT molecular complexity index is 1570. The fourth-order valence-electron chi connectivity index (χ4n) is 4.58. The molecule has 0 spiro atoms. The van der Waals surface area contributed by atoms with Gasteiger partial charge < -0.3 is 15.0 Å². The largest absolute Gasteiger partial charge is 0.496 e. The Morgan fingerprint density at radius 1 is 1.11 bits per heavy atom. The van der Waals surface area contributed by atoms with Crippen molar-refractivity contribution in [1.29, 1.82) is 0 Å². The molecule has 1 aromatic carbocycles. The molecule has 1 aliphatic heterocycles. The predicted molar refractivity (Wildman–Crippen MR) is 136 cm³/mol. The number of aromatic nitrogens is 5. The van der Waals surface area contributed by atoms with Crippen molar-refractivity contribution in [2.45, 2.75) is 32.9 Å². The molecule has 2 amide bonds. The fourth-order valence-corrected chi connectivity index (χ4v) is 5.81. The van der Waals surface area contributed by atoms with Gasteiger partial charge in [0.15, 0.2) is 0 Å². The van der Waals surface area contributed by atoms with Crippen LogP contribution in [0, 0.1) is 12.7 Å². The molecule has 0 saturated carbocycles. The summed E-state index contributed by atoms with van der Waals surface area (Å²) in [6, 6.07) is 4.03. The summed E-state index contributed by atoms with van der Waals surface area (Å²) in [5.74, 6) is 0.107. The third-order valence-electron chi connectivity index (χ3n) is 6.48. The molecule has 1 fully saturated rings. The first-order valence-corrected chi connectivity index (χ1v) is 12.7. The smallest absolute Gasteiger partial charge is 0.332 e. The summed E-state index contributed by atoms with van der Waals surface area (Å²) in [5, 5.41) is 12.2. The highest BCUT2D eigenvalue weighted by Crippen LogP contribution is 2.30. The fraction of sp³-hybridized carbons (Fsp3) is 0.375. The van der Waals surface area contributed by atoms with Crippen molar-refractivity contribution in [2.75, 3.05) is 26.7 Å². The molecule has 1 N–H and O–H groups in total. The highest BCUT2D eigenvalue weighted by molar-refractivity contribution is 7.21. The number of thiophene rings is 1. The number of ether oxygens (including phenoxy) is 1. The summed E-state index contributed by atoms with van der Waals surface area (Å²) in [6.45, 7) is 3.42. The molecule has 0 unspecified atom stereocenters. The first-order valence-electron chi connectivity index (χ1n) is 11.9. The number of carbonyl (C=O) groups is 1. The Hall–Kier alpha value is -4.00. The van der Waals surface area contributed by atoms with Gasteiger partial charge in [-0.3, -0.25) is 13.9 Å². The topological polar surface area (TPSA) is 116 Å². The van der Waals surface area contributed by atoms with Crippen LogP contribution in [0.3, 0.4) is 0 Å². The average molecular weight is 528 g/mol. The SMILES string of the molecule is COc1ccc(F)cc1CCn1c(=O)n(CCN2CCCNC2=O)c(=O)c2c(C)c(-n3nccn3)sc21. The number of hydrogen-bond acceptors (Lipinski definition) is 7. The van der Waals surface area contributed by atoms with Gasteiger partial charge >= 0.3 is 11.7 Å². The van der Waals surface area contributed by atoms with Crippen LogP contribution < -0.4 is 21.3 Å². The van der Waals surface area contributed by atoms with E-state index in [-0.39, 0.29) is 25.7 Å². The summed E-state index contributed by atoms with van der Waals surface area (Å²) < 4.78 is 22.0. The zero-order valence-corrected chi connectivity index (χ0v) is 21.3. The van der Waals surface area contributed by atoms with Gasteiger partial charge in [-0.25, -0.2) is 14.0 Å². The van der Waals surface area contributed by atoms with Crippen LogP contribution in [0.5, 0.6) is 5.75 Å². The minimum atomic E-state index is -0.494. The van der Waals surface area contributed by atoms with Crippen LogP contribution in [-0.2, 0) is 19.5 Å². The Morgan fingerprint density at radius 2 is 1.89 bits per heavy atom. The molecule has 0 aliphatic carbocycles. The molecule has 0 radical (unpaired) electrons. The first-order chi connectivity index (χ1) is 17.9. The molecule has 11 nitrogen and oxygen atoms in total. The molecular weight excluding hydrogens is 501 g/mol. The summed E-state index contributed by atoms with van der Waals surface area (Å²) in [4.78, 5) is 43.0. The van der Waals surface area contributed by atoms with Crippen molar-refractivity contribution < 1.29 is 13.9 Å². The van der Waals surface area contributed by atoms with Crippen molar-refractivity contribution >= 4 is 27.6 Å². The van der Waals surface area contributed by atoms with Gasteiger partial charge in [-0.05, 0) is 43.5 Å². The number of amides is 2. The number of fused-ring (bicyclic) bond motifs is 1. The number of carbonyl (C=O) groups excluding carboxylic acids is 1. The predicted octanol–water partition coefficient (Wildman–Crippen LogP) is 1.92. The van der Waals surface area contributed by atoms with Gasteiger partial charge in [0.1, 0.15) is 21.4 Å². The van der Waals surface area contributed by atoms with Crippen LogP contribution in [0.1, 0.15) is 17.5 Å². The lowest BCUT2D eigenvalue weighted by molar-refractivity contribution is 0.183. The summed E-state index contributed by atoms with van der Waals surface area (Å²) >= 11 is 1.25. The van der Waals surface area contributed by atoms with Gasteiger partial charge in [0, 0.05) is 38.3 Å². The normalized spacial score (nSPS) is 13.8. The quantitative estimate of drug-likeness (QED) is 0.374. The van der Waals surface area contributed by atoms with E-state index >= 15 is 0 Å². The number of aryl methyl sites for hydroxylation is 3. The maximum absolute atomic E-state index is 14.0. The summed E-state index contributed by atoms with van der Waals surface area (Å²) in [7, 11) is 1.50. The van der Waals surface area contributed by atoms with E-state index in [4.69, 9.17) is 4.74 Å². The van der Waals surface area contributed by atoms with Crippen LogP contribution in [0.2, 0.25) is 0 Å². The second-order valence-corrected chi connectivity index (χ2v) is 9.68. The van der Waals surface area contributed by atoms with Gasteiger partial charge in [0.25, 0.3) is 5.56 Å². The molecule has 1 aliphatic rings. The molecule has 194 valence electrons. The number of nitrogens with zero attached hydrogens (tertiary/aromatic N) is 6. The van der Waals surface area contributed by atoms with Crippen molar-refractivity contribution in [3.8, 4) is 10.8 Å². The Kier molecular flexibility index (Phi) is 6.78. The van der Waals surface area contributed by atoms with Gasteiger partial charge in [-0.1, -0.05) is 11.3 Å². The number of methoxy groups -OCH3 is 1. The molecule has 5 rings (SSSR count). The number of rotatable bonds is 8. The van der Waals surface area contributed by atoms with Gasteiger partial charge in [-0.15, -0.1) is 4.80 Å². The van der Waals surface area contributed by atoms with Crippen molar-refractivity contribution in [3.63, 3.8) is 0 Å². The molecule has 37 heavy (non-hydrogen) atoms. The van der Waals surface area contributed by atoms with Gasteiger partial charge in [0.2, 0.25) is 0 Å². The number of benzene rings is 1. The molecule has 3 aromatic heterocycles. The zero-order chi connectivity index (χ0) is 26.1. The highest BCUT2D eigenvalue weighted by atomic mass is 32.1. The molecule has 1 saturated heterocycles. The second-order valence-electron chi connectivity index (χ2n) is 8.70. The number of nitrogens with one attached hydrogen (secondary N) is 1. The maximum Gasteiger partial charge on any atom is 0.332 e. The molecule has 0 atom stereocenters. The van der Waals surface area contributed by atoms with Crippen LogP contribution >= 0.6 is 11.3 Å².